The Morgan fingerprint density at radius 3 is 2.74 bits per heavy atom. The smallest absolute Gasteiger partial charge is 0.253 e. The molecule has 0 unspecified atom stereocenters. The topological polar surface area (TPSA) is 67.0 Å². The minimum absolute atomic E-state index is 0.123. The molecular weight excluding hydrogens is 290 g/mol. The maximum Gasteiger partial charge on any atom is 0.253 e. The molecule has 3 rings (SSSR count). The van der Waals surface area contributed by atoms with E-state index in [4.69, 9.17) is 4.74 Å². The minimum Gasteiger partial charge on any atom is -0.491 e. The Hall–Kier alpha value is -2.82. The Morgan fingerprint density at radius 1 is 1.22 bits per heavy atom. The highest BCUT2D eigenvalue weighted by atomic mass is 16.5. The van der Waals surface area contributed by atoms with Crippen molar-refractivity contribution < 1.29 is 9.53 Å². The number of carbonyl (C=O) groups is 1. The van der Waals surface area contributed by atoms with Gasteiger partial charge in [0.15, 0.2) is 0 Å². The molecule has 0 aliphatic rings. The predicted octanol–water partition coefficient (Wildman–Crippen LogP) is 3.28. The van der Waals surface area contributed by atoms with Crippen LogP contribution in [0.4, 0.5) is 0 Å². The van der Waals surface area contributed by atoms with Crippen LogP contribution in [0.5, 0.6) is 5.75 Å². The summed E-state index contributed by atoms with van der Waals surface area (Å²) in [6.07, 6.45) is 1.86. The summed E-state index contributed by atoms with van der Waals surface area (Å²) < 4.78 is 5.60. The molecule has 2 N–H and O–H groups in total. The van der Waals surface area contributed by atoms with E-state index in [0.29, 0.717) is 12.1 Å². The Morgan fingerprint density at radius 2 is 2.00 bits per heavy atom. The van der Waals surface area contributed by atoms with Crippen molar-refractivity contribution in [3.63, 3.8) is 0 Å². The molecular formula is C18H19N3O2. The summed E-state index contributed by atoms with van der Waals surface area (Å²) in [5, 5.41) is 10.7. The average molecular weight is 309 g/mol. The molecule has 118 valence electrons. The number of hydrogen-bond acceptors (Lipinski definition) is 3. The van der Waals surface area contributed by atoms with Gasteiger partial charge in [-0.3, -0.25) is 9.89 Å². The van der Waals surface area contributed by atoms with Gasteiger partial charge in [-0.25, -0.2) is 0 Å². The van der Waals surface area contributed by atoms with E-state index >= 15 is 0 Å². The van der Waals surface area contributed by atoms with Crippen LogP contribution in [0.3, 0.4) is 0 Å². The zero-order chi connectivity index (χ0) is 16.2. The zero-order valence-corrected chi connectivity index (χ0v) is 13.2. The quantitative estimate of drug-likeness (QED) is 0.760. The molecule has 1 heterocycles. The van der Waals surface area contributed by atoms with E-state index in [2.05, 4.69) is 15.5 Å². The Bertz CT molecular complexity index is 807. The maximum atomic E-state index is 12.4. The van der Waals surface area contributed by atoms with Crippen LogP contribution >= 0.6 is 0 Å². The molecule has 0 fully saturated rings. The molecule has 3 aromatic rings. The lowest BCUT2D eigenvalue weighted by atomic mass is 10.1. The lowest BCUT2D eigenvalue weighted by Crippen LogP contribution is -2.23. The Balaban J connectivity index is 1.66. The molecule has 23 heavy (non-hydrogen) atoms. The van der Waals surface area contributed by atoms with E-state index in [1.165, 1.54) is 0 Å². The highest BCUT2D eigenvalue weighted by Gasteiger charge is 2.10. The summed E-state index contributed by atoms with van der Waals surface area (Å²) >= 11 is 0. The summed E-state index contributed by atoms with van der Waals surface area (Å²) in [7, 11) is 0. The molecule has 0 aliphatic carbocycles. The fourth-order valence-corrected chi connectivity index (χ4v) is 2.39. The summed E-state index contributed by atoms with van der Waals surface area (Å²) in [6.45, 7) is 4.44. The number of rotatable bonds is 5. The third kappa shape index (κ3) is 3.51. The number of fused-ring (bicyclic) bond motifs is 1. The van der Waals surface area contributed by atoms with E-state index in [0.717, 1.165) is 22.2 Å². The molecule has 5 heteroatoms. The van der Waals surface area contributed by atoms with E-state index in [1.807, 2.05) is 50.2 Å². The third-order valence-corrected chi connectivity index (χ3v) is 3.47. The summed E-state index contributed by atoms with van der Waals surface area (Å²) in [6, 6.07) is 13.3. The van der Waals surface area contributed by atoms with Crippen molar-refractivity contribution >= 4 is 16.8 Å². The van der Waals surface area contributed by atoms with Gasteiger partial charge in [0.1, 0.15) is 5.75 Å². The van der Waals surface area contributed by atoms with Crippen molar-refractivity contribution in [2.45, 2.75) is 26.5 Å². The number of amides is 1. The molecule has 2 aromatic carbocycles. The number of para-hydroxylation sites is 1. The zero-order valence-electron chi connectivity index (χ0n) is 13.2. The van der Waals surface area contributed by atoms with Crippen LogP contribution in [0.15, 0.2) is 48.7 Å². The van der Waals surface area contributed by atoms with Crippen molar-refractivity contribution in [2.75, 3.05) is 0 Å². The molecule has 1 amide bonds. The van der Waals surface area contributed by atoms with Crippen LogP contribution in [-0.4, -0.2) is 22.2 Å². The first kappa shape index (κ1) is 15.1. The van der Waals surface area contributed by atoms with Gasteiger partial charge in [0, 0.05) is 11.9 Å². The second-order valence-electron chi connectivity index (χ2n) is 5.63. The highest BCUT2D eigenvalue weighted by Crippen LogP contribution is 2.16. The predicted molar refractivity (Wildman–Crippen MR) is 89.5 cm³/mol. The third-order valence-electron chi connectivity index (χ3n) is 3.47. The van der Waals surface area contributed by atoms with Gasteiger partial charge in [-0.05, 0) is 37.6 Å². The first-order valence-electron chi connectivity index (χ1n) is 7.59. The molecule has 5 nitrogen and oxygen atoms in total. The molecule has 0 saturated carbocycles. The van der Waals surface area contributed by atoms with Crippen LogP contribution in [0.25, 0.3) is 10.9 Å². The Labute approximate surface area is 134 Å². The van der Waals surface area contributed by atoms with Crippen LogP contribution < -0.4 is 10.1 Å². The number of aromatic nitrogens is 2. The number of aromatic amines is 1. The lowest BCUT2D eigenvalue weighted by molar-refractivity contribution is 0.0952. The monoisotopic (exact) mass is 309 g/mol. The van der Waals surface area contributed by atoms with Crippen molar-refractivity contribution in [3.05, 3.63) is 59.8 Å². The fourth-order valence-electron chi connectivity index (χ4n) is 2.39. The van der Waals surface area contributed by atoms with Gasteiger partial charge in [0.25, 0.3) is 5.91 Å². The van der Waals surface area contributed by atoms with E-state index in [1.54, 1.807) is 12.3 Å². The average Bonchev–Trinajstić information content (AvgIpc) is 3.02. The van der Waals surface area contributed by atoms with E-state index < -0.39 is 0 Å². The van der Waals surface area contributed by atoms with Crippen molar-refractivity contribution in [1.29, 1.82) is 0 Å². The largest absolute Gasteiger partial charge is 0.491 e. The standard InChI is InChI=1S/C18H19N3O2/c1-12(2)23-15-8-6-13(7-9-15)10-19-18(22)16-5-3-4-14-11-20-21-17(14)16/h3-9,11-12H,10H2,1-2H3,(H,19,22)(H,20,21). The number of hydrogen-bond donors (Lipinski definition) is 2. The number of carbonyl (C=O) groups excluding carboxylic acids is 1. The van der Waals surface area contributed by atoms with Crippen LogP contribution in [0, 0.1) is 0 Å². The van der Waals surface area contributed by atoms with Gasteiger partial charge in [0.05, 0.1) is 23.4 Å². The van der Waals surface area contributed by atoms with Gasteiger partial charge < -0.3 is 10.1 Å². The molecule has 0 spiro atoms. The van der Waals surface area contributed by atoms with Crippen molar-refractivity contribution in [2.24, 2.45) is 0 Å². The molecule has 0 aliphatic heterocycles. The number of nitrogens with zero attached hydrogens (tertiary/aromatic N) is 1. The Kier molecular flexibility index (Phi) is 4.28. The fraction of sp³-hybridized carbons (Fsp3) is 0.222. The summed E-state index contributed by atoms with van der Waals surface area (Å²) in [5.74, 6) is 0.708. The van der Waals surface area contributed by atoms with Crippen molar-refractivity contribution in [1.82, 2.24) is 15.5 Å². The lowest BCUT2D eigenvalue weighted by Gasteiger charge is -2.10. The van der Waals surface area contributed by atoms with Crippen LogP contribution in [0.1, 0.15) is 29.8 Å². The normalized spacial score (nSPS) is 10.9. The second-order valence-corrected chi connectivity index (χ2v) is 5.63. The van der Waals surface area contributed by atoms with Gasteiger partial charge in [-0.2, -0.15) is 5.10 Å². The van der Waals surface area contributed by atoms with Gasteiger partial charge in [-0.15, -0.1) is 0 Å². The summed E-state index contributed by atoms with van der Waals surface area (Å²) in [5.41, 5.74) is 2.37. The number of benzene rings is 2. The SMILES string of the molecule is CC(C)Oc1ccc(CNC(=O)c2cccc3cn[nH]c23)cc1. The first-order chi connectivity index (χ1) is 11.1. The molecule has 0 atom stereocenters. The molecule has 0 saturated heterocycles. The number of ether oxygens (including phenoxy) is 1. The molecule has 0 bridgehead atoms. The summed E-state index contributed by atoms with van der Waals surface area (Å²) in [4.78, 5) is 12.4. The first-order valence-corrected chi connectivity index (χ1v) is 7.59. The number of nitrogens with one attached hydrogen (secondary N) is 2. The van der Waals surface area contributed by atoms with Crippen LogP contribution in [-0.2, 0) is 6.54 Å². The second kappa shape index (κ2) is 6.52. The van der Waals surface area contributed by atoms with E-state index in [9.17, 15) is 4.79 Å². The molecule has 1 aromatic heterocycles. The van der Waals surface area contributed by atoms with Gasteiger partial charge in [-0.1, -0.05) is 24.3 Å². The minimum atomic E-state index is -0.123. The number of H-pyrrole nitrogens is 1. The maximum absolute atomic E-state index is 12.4. The van der Waals surface area contributed by atoms with Gasteiger partial charge >= 0.3 is 0 Å². The van der Waals surface area contributed by atoms with E-state index in [-0.39, 0.29) is 12.0 Å². The van der Waals surface area contributed by atoms with Crippen molar-refractivity contribution in [3.8, 4) is 5.75 Å². The highest BCUT2D eigenvalue weighted by molar-refractivity contribution is 6.05. The van der Waals surface area contributed by atoms with Gasteiger partial charge in [0.2, 0.25) is 0 Å². The molecule has 0 radical (unpaired) electrons. The van der Waals surface area contributed by atoms with Crippen LogP contribution in [0.2, 0.25) is 0 Å².